The van der Waals surface area contributed by atoms with Crippen LogP contribution in [-0.2, 0) is 5.41 Å². The summed E-state index contributed by atoms with van der Waals surface area (Å²) in [6, 6.07) is 0. The second kappa shape index (κ2) is 4.57. The fraction of sp³-hybridized carbons (Fsp3) is 0.474. The van der Waals surface area contributed by atoms with Crippen molar-refractivity contribution in [3.05, 3.63) is 32.0 Å². The van der Waals surface area contributed by atoms with Crippen LogP contribution in [0.25, 0.3) is 20.2 Å². The first-order valence-electron chi connectivity index (χ1n) is 7.57. The van der Waals surface area contributed by atoms with Gasteiger partial charge in [0.1, 0.15) is 0 Å². The Morgan fingerprint density at radius 2 is 1.10 bits per heavy atom. The van der Waals surface area contributed by atoms with Crippen molar-refractivity contribution in [2.45, 2.75) is 60.8 Å². The van der Waals surface area contributed by atoms with Crippen molar-refractivity contribution in [2.24, 2.45) is 0 Å². The van der Waals surface area contributed by atoms with Gasteiger partial charge in [-0.1, -0.05) is 20.8 Å². The van der Waals surface area contributed by atoms with Gasteiger partial charge in [-0.15, -0.1) is 22.7 Å². The Balaban J connectivity index is 2.71. The molecule has 0 bridgehead atoms. The molecule has 2 heteroatoms. The molecular weight excluding hydrogens is 292 g/mol. The van der Waals surface area contributed by atoms with Gasteiger partial charge >= 0.3 is 0 Å². The highest BCUT2D eigenvalue weighted by molar-refractivity contribution is 7.23. The van der Waals surface area contributed by atoms with Gasteiger partial charge < -0.3 is 0 Å². The second-order valence-corrected chi connectivity index (χ2v) is 9.67. The molecule has 0 unspecified atom stereocenters. The SMILES string of the molecule is Cc1sc2c(c1C)c(C)c(C(C)(C)C)c1sc(C)c(C)c12. The molecule has 0 fully saturated rings. The molecule has 0 aliphatic rings. The standard InChI is InChI=1S/C19H24S2/c1-9-12(4)20-17-14(9)11(3)16(19(6,7)8)18-15(17)10(2)13(5)21-18/h1-8H3. The molecule has 112 valence electrons. The minimum Gasteiger partial charge on any atom is -0.140 e. The van der Waals surface area contributed by atoms with E-state index >= 15 is 0 Å². The average Bonchev–Trinajstić information content (AvgIpc) is 2.78. The van der Waals surface area contributed by atoms with E-state index in [-0.39, 0.29) is 5.41 Å². The van der Waals surface area contributed by atoms with Gasteiger partial charge in [-0.3, -0.25) is 0 Å². The van der Waals surface area contributed by atoms with Gasteiger partial charge in [-0.2, -0.15) is 0 Å². The lowest BCUT2D eigenvalue weighted by atomic mass is 9.81. The van der Waals surface area contributed by atoms with E-state index in [0.29, 0.717) is 0 Å². The molecule has 0 aliphatic heterocycles. The molecule has 0 spiro atoms. The number of hydrogen-bond acceptors (Lipinski definition) is 2. The highest BCUT2D eigenvalue weighted by atomic mass is 32.1. The van der Waals surface area contributed by atoms with Crippen LogP contribution in [-0.4, -0.2) is 0 Å². The maximum absolute atomic E-state index is 2.35. The molecule has 0 saturated carbocycles. The highest BCUT2D eigenvalue weighted by Crippen LogP contribution is 2.48. The maximum Gasteiger partial charge on any atom is 0.0440 e. The van der Waals surface area contributed by atoms with Crippen LogP contribution in [0.5, 0.6) is 0 Å². The van der Waals surface area contributed by atoms with Crippen molar-refractivity contribution in [3.63, 3.8) is 0 Å². The summed E-state index contributed by atoms with van der Waals surface area (Å²) in [6.07, 6.45) is 0. The molecule has 0 N–H and O–H groups in total. The molecule has 0 amide bonds. The fourth-order valence-corrected chi connectivity index (χ4v) is 6.40. The predicted molar refractivity (Wildman–Crippen MR) is 99.6 cm³/mol. The van der Waals surface area contributed by atoms with Crippen LogP contribution < -0.4 is 0 Å². The summed E-state index contributed by atoms with van der Waals surface area (Å²) in [7, 11) is 0. The van der Waals surface area contributed by atoms with Gasteiger partial charge in [-0.25, -0.2) is 0 Å². The van der Waals surface area contributed by atoms with E-state index in [9.17, 15) is 0 Å². The Bertz CT molecular complexity index is 867. The Morgan fingerprint density at radius 1 is 0.619 bits per heavy atom. The summed E-state index contributed by atoms with van der Waals surface area (Å²) < 4.78 is 3.02. The van der Waals surface area contributed by atoms with E-state index in [1.54, 1.807) is 5.56 Å². The number of hydrogen-bond donors (Lipinski definition) is 0. The summed E-state index contributed by atoms with van der Waals surface area (Å²) in [6.45, 7) is 18.5. The van der Waals surface area contributed by atoms with Gasteiger partial charge in [0.2, 0.25) is 0 Å². The molecule has 2 aromatic heterocycles. The highest BCUT2D eigenvalue weighted by Gasteiger charge is 2.26. The molecule has 0 aliphatic carbocycles. The third-order valence-electron chi connectivity index (χ3n) is 4.72. The number of benzene rings is 1. The lowest BCUT2D eigenvalue weighted by molar-refractivity contribution is 0.593. The van der Waals surface area contributed by atoms with Crippen molar-refractivity contribution in [3.8, 4) is 0 Å². The largest absolute Gasteiger partial charge is 0.140 e. The lowest BCUT2D eigenvalue weighted by Crippen LogP contribution is -2.13. The van der Waals surface area contributed by atoms with Crippen LogP contribution in [0, 0.1) is 34.6 Å². The predicted octanol–water partition coefficient (Wildman–Crippen LogP) is 6.96. The molecule has 0 atom stereocenters. The van der Waals surface area contributed by atoms with Crippen LogP contribution in [0.15, 0.2) is 0 Å². The average molecular weight is 317 g/mol. The van der Waals surface area contributed by atoms with Crippen LogP contribution in [0.3, 0.4) is 0 Å². The van der Waals surface area contributed by atoms with Crippen LogP contribution >= 0.6 is 22.7 Å². The third-order valence-corrected chi connectivity index (χ3v) is 7.17. The van der Waals surface area contributed by atoms with Gasteiger partial charge in [0.25, 0.3) is 0 Å². The third kappa shape index (κ3) is 1.99. The van der Waals surface area contributed by atoms with Gasteiger partial charge in [0, 0.05) is 24.5 Å². The topological polar surface area (TPSA) is 0 Å². The summed E-state index contributed by atoms with van der Waals surface area (Å²) in [5.41, 5.74) is 6.18. The van der Waals surface area contributed by atoms with E-state index < -0.39 is 0 Å². The van der Waals surface area contributed by atoms with Gasteiger partial charge in [0.05, 0.1) is 0 Å². The zero-order chi connectivity index (χ0) is 15.7. The zero-order valence-corrected chi connectivity index (χ0v) is 15.9. The van der Waals surface area contributed by atoms with E-state index in [1.165, 1.54) is 46.6 Å². The maximum atomic E-state index is 2.35. The molecular formula is C19H24S2. The molecule has 1 aromatic carbocycles. The molecule has 3 aromatic rings. The number of thiophene rings is 2. The van der Waals surface area contributed by atoms with E-state index in [0.717, 1.165) is 0 Å². The summed E-state index contributed by atoms with van der Waals surface area (Å²) >= 11 is 3.96. The fourth-order valence-electron chi connectivity index (χ4n) is 3.53. The molecule has 2 heterocycles. The summed E-state index contributed by atoms with van der Waals surface area (Å²) in [5.74, 6) is 0. The smallest absolute Gasteiger partial charge is 0.0440 e. The summed E-state index contributed by atoms with van der Waals surface area (Å²) in [5, 5.41) is 3.03. The lowest BCUT2D eigenvalue weighted by Gasteiger charge is -2.24. The minimum absolute atomic E-state index is 0.183. The van der Waals surface area contributed by atoms with Crippen molar-refractivity contribution in [2.75, 3.05) is 0 Å². The second-order valence-electron chi connectivity index (χ2n) is 7.22. The molecule has 0 nitrogen and oxygen atoms in total. The first-order valence-corrected chi connectivity index (χ1v) is 9.20. The molecule has 0 saturated heterocycles. The van der Waals surface area contributed by atoms with Crippen LogP contribution in [0.2, 0.25) is 0 Å². The molecule has 0 radical (unpaired) electrons. The Hall–Kier alpha value is -0.860. The van der Waals surface area contributed by atoms with Crippen molar-refractivity contribution >= 4 is 42.8 Å². The van der Waals surface area contributed by atoms with E-state index in [4.69, 9.17) is 0 Å². The Kier molecular flexibility index (Phi) is 3.27. The van der Waals surface area contributed by atoms with Crippen molar-refractivity contribution in [1.82, 2.24) is 0 Å². The summed E-state index contributed by atoms with van der Waals surface area (Å²) in [4.78, 5) is 2.93. The van der Waals surface area contributed by atoms with E-state index in [2.05, 4.69) is 55.4 Å². The van der Waals surface area contributed by atoms with Crippen molar-refractivity contribution < 1.29 is 0 Å². The van der Waals surface area contributed by atoms with E-state index in [1.807, 2.05) is 22.7 Å². The first kappa shape index (κ1) is 15.1. The van der Waals surface area contributed by atoms with Crippen molar-refractivity contribution in [1.29, 1.82) is 0 Å². The van der Waals surface area contributed by atoms with Crippen LogP contribution in [0.4, 0.5) is 0 Å². The van der Waals surface area contributed by atoms with Gasteiger partial charge in [0.15, 0.2) is 0 Å². The normalized spacial score (nSPS) is 12.8. The number of rotatable bonds is 0. The number of fused-ring (bicyclic) bond motifs is 3. The number of aryl methyl sites for hydroxylation is 5. The zero-order valence-electron chi connectivity index (χ0n) is 14.3. The Labute approximate surface area is 135 Å². The van der Waals surface area contributed by atoms with Gasteiger partial charge in [-0.05, 0) is 67.7 Å². The minimum atomic E-state index is 0.183. The molecule has 21 heavy (non-hydrogen) atoms. The molecule has 3 rings (SSSR count). The monoisotopic (exact) mass is 316 g/mol. The first-order chi connectivity index (χ1) is 9.64. The Morgan fingerprint density at radius 3 is 1.62 bits per heavy atom. The van der Waals surface area contributed by atoms with Crippen LogP contribution in [0.1, 0.15) is 52.8 Å². The quantitative estimate of drug-likeness (QED) is 0.420.